The molecule has 104 valence electrons. The minimum atomic E-state index is -0.412. The molecule has 2 aromatic rings. The van der Waals surface area contributed by atoms with E-state index in [0.29, 0.717) is 11.6 Å². The van der Waals surface area contributed by atoms with Crippen LogP contribution in [0, 0.1) is 0 Å². The predicted octanol–water partition coefficient (Wildman–Crippen LogP) is 3.66. The van der Waals surface area contributed by atoms with Gasteiger partial charge in [-0.3, -0.25) is 4.79 Å². The van der Waals surface area contributed by atoms with E-state index in [1.807, 2.05) is 13.8 Å². The lowest BCUT2D eigenvalue weighted by Crippen LogP contribution is -2.17. The summed E-state index contributed by atoms with van der Waals surface area (Å²) in [5, 5.41) is 2.86. The first-order valence-electron chi connectivity index (χ1n) is 5.92. The van der Waals surface area contributed by atoms with Crippen LogP contribution in [0.25, 0.3) is 0 Å². The molecule has 0 fully saturated rings. The number of carbonyl (C=O) groups excluding carboxylic acids is 1. The van der Waals surface area contributed by atoms with E-state index in [1.54, 1.807) is 18.3 Å². The molecule has 0 aliphatic rings. The van der Waals surface area contributed by atoms with Gasteiger partial charge in [0.05, 0.1) is 11.2 Å². The van der Waals surface area contributed by atoms with Crippen molar-refractivity contribution in [1.29, 1.82) is 0 Å². The lowest BCUT2D eigenvalue weighted by molar-refractivity contribution is 0.102. The second kappa shape index (κ2) is 6.28. The SMILES string of the molecule is CC(C)c1ncc(Cl)c(C(=O)Nc2cc(Br)ccn2)n1. The summed E-state index contributed by atoms with van der Waals surface area (Å²) in [6.07, 6.45) is 3.02. The minimum absolute atomic E-state index is 0.114. The van der Waals surface area contributed by atoms with E-state index in [1.165, 1.54) is 6.20 Å². The Bertz CT molecular complexity index is 648. The fourth-order valence-electron chi connectivity index (χ4n) is 1.47. The topological polar surface area (TPSA) is 67.8 Å². The number of hydrogen-bond donors (Lipinski definition) is 1. The average molecular weight is 356 g/mol. The second-order valence-electron chi connectivity index (χ2n) is 4.39. The van der Waals surface area contributed by atoms with Gasteiger partial charge in [0.15, 0.2) is 5.69 Å². The van der Waals surface area contributed by atoms with Crippen LogP contribution in [-0.4, -0.2) is 20.9 Å². The highest BCUT2D eigenvalue weighted by atomic mass is 79.9. The maximum atomic E-state index is 12.2. The number of nitrogens with zero attached hydrogens (tertiary/aromatic N) is 3. The summed E-state index contributed by atoms with van der Waals surface area (Å²) in [5.74, 6) is 0.694. The lowest BCUT2D eigenvalue weighted by atomic mass is 10.2. The van der Waals surface area contributed by atoms with E-state index >= 15 is 0 Å². The number of pyridine rings is 1. The molecule has 20 heavy (non-hydrogen) atoms. The van der Waals surface area contributed by atoms with Crippen molar-refractivity contribution in [3.05, 3.63) is 45.5 Å². The van der Waals surface area contributed by atoms with E-state index in [2.05, 4.69) is 36.2 Å². The van der Waals surface area contributed by atoms with Crippen molar-refractivity contribution in [2.45, 2.75) is 19.8 Å². The molecule has 0 aliphatic heterocycles. The second-order valence-corrected chi connectivity index (χ2v) is 5.72. The zero-order valence-corrected chi connectivity index (χ0v) is 13.2. The smallest absolute Gasteiger partial charge is 0.277 e. The Kier molecular flexibility index (Phi) is 4.67. The van der Waals surface area contributed by atoms with Crippen molar-refractivity contribution in [2.75, 3.05) is 5.32 Å². The molecule has 0 saturated heterocycles. The predicted molar refractivity (Wildman–Crippen MR) is 81.0 cm³/mol. The van der Waals surface area contributed by atoms with Crippen LogP contribution in [-0.2, 0) is 0 Å². The van der Waals surface area contributed by atoms with E-state index in [9.17, 15) is 4.79 Å². The maximum absolute atomic E-state index is 12.2. The van der Waals surface area contributed by atoms with Gasteiger partial charge in [-0.25, -0.2) is 15.0 Å². The monoisotopic (exact) mass is 354 g/mol. The molecule has 0 bridgehead atoms. The zero-order chi connectivity index (χ0) is 14.7. The molecule has 2 heterocycles. The molecule has 0 saturated carbocycles. The molecule has 0 atom stereocenters. The summed E-state index contributed by atoms with van der Waals surface area (Å²) in [4.78, 5) is 24.5. The Morgan fingerprint density at radius 2 is 2.15 bits per heavy atom. The third-order valence-corrected chi connectivity index (χ3v) is 3.23. The summed E-state index contributed by atoms with van der Waals surface area (Å²) in [5.41, 5.74) is 0.146. The summed E-state index contributed by atoms with van der Waals surface area (Å²) in [6.45, 7) is 3.89. The van der Waals surface area contributed by atoms with E-state index in [4.69, 9.17) is 11.6 Å². The number of amides is 1. The fraction of sp³-hybridized carbons (Fsp3) is 0.231. The first kappa shape index (κ1) is 14.9. The summed E-state index contributed by atoms with van der Waals surface area (Å²) < 4.78 is 0.819. The highest BCUT2D eigenvalue weighted by Crippen LogP contribution is 2.18. The van der Waals surface area contributed by atoms with Crippen LogP contribution in [0.3, 0.4) is 0 Å². The van der Waals surface area contributed by atoms with Crippen LogP contribution >= 0.6 is 27.5 Å². The van der Waals surface area contributed by atoms with Crippen LogP contribution in [0.15, 0.2) is 29.0 Å². The van der Waals surface area contributed by atoms with Crippen LogP contribution < -0.4 is 5.32 Å². The Labute approximate surface area is 129 Å². The van der Waals surface area contributed by atoms with Crippen molar-refractivity contribution < 1.29 is 4.79 Å². The van der Waals surface area contributed by atoms with Gasteiger partial charge < -0.3 is 5.32 Å². The van der Waals surface area contributed by atoms with Crippen LogP contribution in [0.4, 0.5) is 5.82 Å². The van der Waals surface area contributed by atoms with Crippen molar-refractivity contribution in [3.63, 3.8) is 0 Å². The zero-order valence-electron chi connectivity index (χ0n) is 10.9. The van der Waals surface area contributed by atoms with Crippen LogP contribution in [0.1, 0.15) is 36.1 Å². The molecule has 0 radical (unpaired) electrons. The van der Waals surface area contributed by atoms with Crippen LogP contribution in [0.5, 0.6) is 0 Å². The maximum Gasteiger partial charge on any atom is 0.277 e. The van der Waals surface area contributed by atoms with Gasteiger partial charge in [0.1, 0.15) is 11.6 Å². The Morgan fingerprint density at radius 1 is 1.40 bits per heavy atom. The van der Waals surface area contributed by atoms with E-state index in [-0.39, 0.29) is 16.6 Å². The van der Waals surface area contributed by atoms with Gasteiger partial charge in [-0.15, -0.1) is 0 Å². The highest BCUT2D eigenvalue weighted by Gasteiger charge is 2.16. The Morgan fingerprint density at radius 3 is 2.80 bits per heavy atom. The number of nitrogens with one attached hydrogen (secondary N) is 1. The number of halogens is 2. The van der Waals surface area contributed by atoms with Gasteiger partial charge in [0, 0.05) is 16.6 Å². The first-order valence-corrected chi connectivity index (χ1v) is 7.10. The van der Waals surface area contributed by atoms with Crippen molar-refractivity contribution >= 4 is 39.3 Å². The third kappa shape index (κ3) is 3.52. The standard InChI is InChI=1S/C13H12BrClN4O/c1-7(2)12-17-6-9(15)11(19-12)13(20)18-10-5-8(14)3-4-16-10/h3-7H,1-2H3,(H,16,18,20). The normalized spacial score (nSPS) is 10.7. The summed E-state index contributed by atoms with van der Waals surface area (Å²) in [7, 11) is 0. The van der Waals surface area contributed by atoms with Gasteiger partial charge in [0.2, 0.25) is 0 Å². The van der Waals surface area contributed by atoms with Crippen molar-refractivity contribution in [2.24, 2.45) is 0 Å². The number of anilines is 1. The molecule has 2 rings (SSSR count). The molecule has 0 unspecified atom stereocenters. The third-order valence-electron chi connectivity index (χ3n) is 2.46. The Hall–Kier alpha value is -1.53. The van der Waals surface area contributed by atoms with E-state index < -0.39 is 5.91 Å². The number of hydrogen-bond acceptors (Lipinski definition) is 4. The molecule has 1 N–H and O–H groups in total. The van der Waals surface area contributed by atoms with Crippen LogP contribution in [0.2, 0.25) is 5.02 Å². The number of aromatic nitrogens is 3. The molecule has 0 aliphatic carbocycles. The quantitative estimate of drug-likeness (QED) is 0.912. The molecule has 0 aromatic carbocycles. The Balaban J connectivity index is 2.27. The van der Waals surface area contributed by atoms with Gasteiger partial charge in [-0.1, -0.05) is 41.4 Å². The van der Waals surface area contributed by atoms with Gasteiger partial charge >= 0.3 is 0 Å². The van der Waals surface area contributed by atoms with Crippen molar-refractivity contribution in [3.8, 4) is 0 Å². The molecule has 5 nitrogen and oxygen atoms in total. The van der Waals surface area contributed by atoms with Crippen molar-refractivity contribution in [1.82, 2.24) is 15.0 Å². The van der Waals surface area contributed by atoms with Gasteiger partial charge in [-0.05, 0) is 12.1 Å². The first-order chi connectivity index (χ1) is 9.47. The molecule has 7 heteroatoms. The van der Waals surface area contributed by atoms with E-state index in [0.717, 1.165) is 4.47 Å². The molecule has 2 aromatic heterocycles. The van der Waals surface area contributed by atoms with Gasteiger partial charge in [0.25, 0.3) is 5.91 Å². The lowest BCUT2D eigenvalue weighted by Gasteiger charge is -2.08. The average Bonchev–Trinajstić information content (AvgIpc) is 2.38. The molecular weight excluding hydrogens is 344 g/mol. The number of carbonyl (C=O) groups is 1. The molecule has 1 amide bonds. The largest absolute Gasteiger partial charge is 0.305 e. The molecular formula is C13H12BrClN4O. The highest BCUT2D eigenvalue weighted by molar-refractivity contribution is 9.10. The molecule has 0 spiro atoms. The fourth-order valence-corrected chi connectivity index (χ4v) is 1.98. The number of rotatable bonds is 3. The summed E-state index contributed by atoms with van der Waals surface area (Å²) in [6, 6.07) is 3.46. The summed E-state index contributed by atoms with van der Waals surface area (Å²) >= 11 is 9.29. The minimum Gasteiger partial charge on any atom is -0.305 e. The van der Waals surface area contributed by atoms with Gasteiger partial charge in [-0.2, -0.15) is 0 Å².